The quantitative estimate of drug-likeness (QED) is 0.472. The summed E-state index contributed by atoms with van der Waals surface area (Å²) in [4.78, 5) is 42.9. The Morgan fingerprint density at radius 3 is 2.50 bits per heavy atom. The molecule has 3 N–H and O–H groups in total. The molecule has 4 fully saturated rings. The van der Waals surface area contributed by atoms with E-state index in [4.69, 9.17) is 4.74 Å². The van der Waals surface area contributed by atoms with Gasteiger partial charge in [-0.1, -0.05) is 46.5 Å². The van der Waals surface area contributed by atoms with Crippen molar-refractivity contribution in [1.82, 2.24) is 15.5 Å². The maximum Gasteiger partial charge on any atom is 0.246 e. The summed E-state index contributed by atoms with van der Waals surface area (Å²) in [6.07, 6.45) is 8.02. The van der Waals surface area contributed by atoms with Crippen molar-refractivity contribution >= 4 is 17.7 Å². The summed E-state index contributed by atoms with van der Waals surface area (Å²) in [5.41, 5.74) is -1.79. The first-order valence-electron chi connectivity index (χ1n) is 13.4. The Morgan fingerprint density at radius 2 is 1.88 bits per heavy atom. The van der Waals surface area contributed by atoms with Gasteiger partial charge in [-0.15, -0.1) is 0 Å². The van der Waals surface area contributed by atoms with Gasteiger partial charge in [0.25, 0.3) is 0 Å². The van der Waals surface area contributed by atoms with E-state index in [9.17, 15) is 19.5 Å². The molecule has 4 rings (SSSR count). The zero-order valence-electron chi connectivity index (χ0n) is 21.3. The SMILES string of the molecule is CCCNC(=O)[C@@H]1[C@H]2C(=O)N([C@@H](CO)[C@@H](C)CC)C(C(=O)NC3CCCCC3)C23CC[C@@]1(C)O3. The highest BCUT2D eigenvalue weighted by Crippen LogP contribution is 2.63. The predicted octanol–water partition coefficient (Wildman–Crippen LogP) is 2.13. The number of ether oxygens (including phenoxy) is 1. The molecule has 8 heteroatoms. The Labute approximate surface area is 203 Å². The van der Waals surface area contributed by atoms with E-state index in [-0.39, 0.29) is 36.3 Å². The Morgan fingerprint density at radius 1 is 1.18 bits per heavy atom. The highest BCUT2D eigenvalue weighted by molar-refractivity contribution is 5.99. The third-order valence-corrected chi connectivity index (χ3v) is 9.09. The van der Waals surface area contributed by atoms with Crippen molar-refractivity contribution in [3.05, 3.63) is 0 Å². The minimum absolute atomic E-state index is 0.00862. The second kappa shape index (κ2) is 9.76. The topological polar surface area (TPSA) is 108 Å². The molecule has 2 unspecified atom stereocenters. The Kier molecular flexibility index (Phi) is 7.30. The monoisotopic (exact) mass is 477 g/mol. The van der Waals surface area contributed by atoms with Crippen LogP contribution in [0.2, 0.25) is 0 Å². The van der Waals surface area contributed by atoms with E-state index in [0.29, 0.717) is 19.4 Å². The molecule has 0 aromatic rings. The molecule has 3 aliphatic heterocycles. The summed E-state index contributed by atoms with van der Waals surface area (Å²) in [6, 6.07) is -1.22. The largest absolute Gasteiger partial charge is 0.394 e. The van der Waals surface area contributed by atoms with Gasteiger partial charge in [-0.25, -0.2) is 0 Å². The Bertz CT molecular complexity index is 799. The molecule has 8 nitrogen and oxygen atoms in total. The number of hydrogen-bond donors (Lipinski definition) is 3. The minimum atomic E-state index is -1.03. The predicted molar refractivity (Wildman–Crippen MR) is 128 cm³/mol. The lowest BCUT2D eigenvalue weighted by atomic mass is 9.66. The van der Waals surface area contributed by atoms with Crippen LogP contribution in [0.4, 0.5) is 0 Å². The van der Waals surface area contributed by atoms with Crippen LogP contribution in [0.25, 0.3) is 0 Å². The molecule has 34 heavy (non-hydrogen) atoms. The lowest BCUT2D eigenvalue weighted by Crippen LogP contribution is -2.60. The number of nitrogens with one attached hydrogen (secondary N) is 2. The van der Waals surface area contributed by atoms with E-state index in [1.165, 1.54) is 6.42 Å². The van der Waals surface area contributed by atoms with Crippen LogP contribution in [0.1, 0.15) is 85.5 Å². The third kappa shape index (κ3) is 3.94. The van der Waals surface area contributed by atoms with E-state index in [1.807, 2.05) is 27.7 Å². The number of likely N-dealkylation sites (tertiary alicyclic amines) is 1. The molecule has 3 heterocycles. The first-order valence-corrected chi connectivity index (χ1v) is 13.4. The fraction of sp³-hybridized carbons (Fsp3) is 0.885. The van der Waals surface area contributed by atoms with Crippen molar-refractivity contribution in [1.29, 1.82) is 0 Å². The summed E-state index contributed by atoms with van der Waals surface area (Å²) in [6.45, 7) is 8.26. The number of carbonyl (C=O) groups excluding carboxylic acids is 3. The van der Waals surface area contributed by atoms with Gasteiger partial charge < -0.3 is 25.4 Å². The molecule has 0 radical (unpaired) electrons. The number of rotatable bonds is 9. The molecule has 1 spiro atoms. The van der Waals surface area contributed by atoms with Crippen LogP contribution in [0.15, 0.2) is 0 Å². The molecular formula is C26H43N3O5. The summed E-state index contributed by atoms with van der Waals surface area (Å²) >= 11 is 0. The van der Waals surface area contributed by atoms with Crippen molar-refractivity contribution < 1.29 is 24.2 Å². The Balaban J connectivity index is 1.73. The molecule has 7 atom stereocenters. The van der Waals surface area contributed by atoms with Crippen molar-refractivity contribution in [3.63, 3.8) is 0 Å². The van der Waals surface area contributed by atoms with Gasteiger partial charge in [0.1, 0.15) is 11.6 Å². The van der Waals surface area contributed by atoms with Crippen LogP contribution in [0.5, 0.6) is 0 Å². The zero-order valence-corrected chi connectivity index (χ0v) is 21.3. The number of fused-ring (bicyclic) bond motifs is 1. The molecule has 1 aliphatic carbocycles. The minimum Gasteiger partial charge on any atom is -0.394 e. The second-order valence-corrected chi connectivity index (χ2v) is 11.2. The van der Waals surface area contributed by atoms with Crippen LogP contribution in [-0.4, -0.2) is 70.2 Å². The van der Waals surface area contributed by atoms with Gasteiger partial charge in [-0.3, -0.25) is 14.4 Å². The highest BCUT2D eigenvalue weighted by Gasteiger charge is 2.78. The van der Waals surface area contributed by atoms with Crippen molar-refractivity contribution in [2.45, 2.75) is 115 Å². The number of aliphatic hydroxyl groups is 1. The summed E-state index contributed by atoms with van der Waals surface area (Å²) < 4.78 is 6.65. The second-order valence-electron chi connectivity index (χ2n) is 11.2. The number of aliphatic hydroxyl groups excluding tert-OH is 1. The third-order valence-electron chi connectivity index (χ3n) is 9.09. The van der Waals surface area contributed by atoms with Gasteiger partial charge in [-0.05, 0) is 44.9 Å². The first kappa shape index (κ1) is 25.4. The number of carbonyl (C=O) groups is 3. The van der Waals surface area contributed by atoms with Gasteiger partial charge in [-0.2, -0.15) is 0 Å². The first-order chi connectivity index (χ1) is 16.2. The highest BCUT2D eigenvalue weighted by atomic mass is 16.5. The van der Waals surface area contributed by atoms with E-state index in [0.717, 1.165) is 38.5 Å². The molecule has 192 valence electrons. The normalized spacial score (nSPS) is 36.9. The molecule has 1 saturated carbocycles. The number of amides is 3. The van der Waals surface area contributed by atoms with Crippen LogP contribution in [-0.2, 0) is 19.1 Å². The molecule has 0 aromatic carbocycles. The summed E-state index contributed by atoms with van der Waals surface area (Å²) in [5, 5.41) is 16.6. The van der Waals surface area contributed by atoms with Crippen LogP contribution >= 0.6 is 0 Å². The van der Waals surface area contributed by atoms with Gasteiger partial charge >= 0.3 is 0 Å². The summed E-state index contributed by atoms with van der Waals surface area (Å²) in [7, 11) is 0. The zero-order chi connectivity index (χ0) is 24.7. The maximum absolute atomic E-state index is 14.1. The Hall–Kier alpha value is -1.67. The van der Waals surface area contributed by atoms with Gasteiger partial charge in [0, 0.05) is 12.6 Å². The van der Waals surface area contributed by atoms with Crippen LogP contribution < -0.4 is 10.6 Å². The molecular weight excluding hydrogens is 434 g/mol. The van der Waals surface area contributed by atoms with E-state index in [2.05, 4.69) is 10.6 Å². The average Bonchev–Trinajstić information content (AvgIpc) is 3.39. The standard InChI is InChI=1S/C26H43N3O5/c1-5-14-27-22(31)19-20-24(33)29(18(15-30)16(3)6-2)21(26(20)13-12-25(19,4)34-26)23(32)28-17-10-8-7-9-11-17/h16-21,30H,5-15H2,1-4H3,(H,27,31)(H,28,32)/t16-,18-,19-,20-,21?,25+,26?/m0/s1. The lowest BCUT2D eigenvalue weighted by molar-refractivity contribution is -0.151. The molecule has 4 aliphatic rings. The number of nitrogens with zero attached hydrogens (tertiary/aromatic N) is 1. The van der Waals surface area contributed by atoms with Crippen LogP contribution in [0, 0.1) is 17.8 Å². The molecule has 3 amide bonds. The van der Waals surface area contributed by atoms with Crippen LogP contribution in [0.3, 0.4) is 0 Å². The van der Waals surface area contributed by atoms with Gasteiger partial charge in [0.05, 0.1) is 30.1 Å². The van der Waals surface area contributed by atoms with Gasteiger partial charge in [0.15, 0.2) is 0 Å². The summed E-state index contributed by atoms with van der Waals surface area (Å²) in [5.74, 6) is -1.91. The molecule has 0 aromatic heterocycles. The average molecular weight is 478 g/mol. The molecule has 2 bridgehead atoms. The smallest absolute Gasteiger partial charge is 0.246 e. The van der Waals surface area contributed by atoms with E-state index < -0.39 is 35.1 Å². The number of hydrogen-bond acceptors (Lipinski definition) is 5. The fourth-order valence-corrected chi connectivity index (χ4v) is 7.12. The maximum atomic E-state index is 14.1. The van der Waals surface area contributed by atoms with E-state index >= 15 is 0 Å². The van der Waals surface area contributed by atoms with E-state index in [1.54, 1.807) is 4.90 Å². The molecule has 3 saturated heterocycles. The fourth-order valence-electron chi connectivity index (χ4n) is 7.12. The van der Waals surface area contributed by atoms with Crippen molar-refractivity contribution in [2.75, 3.05) is 13.2 Å². The van der Waals surface area contributed by atoms with Gasteiger partial charge in [0.2, 0.25) is 17.7 Å². The van der Waals surface area contributed by atoms with Crippen molar-refractivity contribution in [3.8, 4) is 0 Å². The lowest BCUT2D eigenvalue weighted by Gasteiger charge is -2.40. The van der Waals surface area contributed by atoms with Crippen molar-refractivity contribution in [2.24, 2.45) is 17.8 Å².